The van der Waals surface area contributed by atoms with Crippen molar-refractivity contribution in [1.29, 1.82) is 0 Å². The Morgan fingerprint density at radius 1 is 1.03 bits per heavy atom. The third-order valence-corrected chi connectivity index (χ3v) is 5.96. The van der Waals surface area contributed by atoms with Gasteiger partial charge in [0.1, 0.15) is 22.5 Å². The van der Waals surface area contributed by atoms with Crippen molar-refractivity contribution in [2.75, 3.05) is 5.32 Å². The molecule has 37 heavy (non-hydrogen) atoms. The van der Waals surface area contributed by atoms with Crippen LogP contribution in [0.15, 0.2) is 63.8 Å². The van der Waals surface area contributed by atoms with E-state index in [1.54, 1.807) is 40.7 Å². The zero-order chi connectivity index (χ0) is 27.1. The van der Waals surface area contributed by atoms with Crippen molar-refractivity contribution in [3.63, 3.8) is 0 Å². The maximum absolute atomic E-state index is 14.8. The van der Waals surface area contributed by atoms with Crippen LogP contribution in [0.1, 0.15) is 60.8 Å². The summed E-state index contributed by atoms with van der Waals surface area (Å²) < 4.78 is 40.6. The average Bonchev–Trinajstić information content (AvgIpc) is 2.83. The van der Waals surface area contributed by atoms with Crippen LogP contribution in [0.4, 0.5) is 14.5 Å². The van der Waals surface area contributed by atoms with E-state index in [0.29, 0.717) is 27.9 Å². The van der Waals surface area contributed by atoms with E-state index in [9.17, 15) is 18.4 Å². The summed E-state index contributed by atoms with van der Waals surface area (Å²) in [5.74, 6) is -2.98. The van der Waals surface area contributed by atoms with Gasteiger partial charge in [-0.1, -0.05) is 36.4 Å². The first-order valence-corrected chi connectivity index (χ1v) is 12.0. The molecule has 0 radical (unpaired) electrons. The molecule has 3 aromatic carbocycles. The average molecular weight is 506 g/mol. The van der Waals surface area contributed by atoms with Gasteiger partial charge >= 0.3 is 5.97 Å². The third-order valence-electron chi connectivity index (χ3n) is 5.96. The van der Waals surface area contributed by atoms with Crippen LogP contribution in [-0.4, -0.2) is 11.6 Å². The van der Waals surface area contributed by atoms with Gasteiger partial charge in [0.25, 0.3) is 0 Å². The van der Waals surface area contributed by atoms with Crippen LogP contribution in [0.2, 0.25) is 0 Å². The predicted molar refractivity (Wildman–Crippen MR) is 141 cm³/mol. The summed E-state index contributed by atoms with van der Waals surface area (Å²) in [4.78, 5) is 26.1. The summed E-state index contributed by atoms with van der Waals surface area (Å²) in [6.45, 7) is 10.3. The topological polar surface area (TPSA) is 68.5 Å². The highest BCUT2D eigenvalue weighted by atomic mass is 19.2. The minimum atomic E-state index is -1.30. The Kier molecular flexibility index (Phi) is 6.91. The van der Waals surface area contributed by atoms with E-state index >= 15 is 0 Å². The molecule has 4 aromatic rings. The molecule has 0 amide bonds. The number of anilines is 1. The minimum absolute atomic E-state index is 0.0630. The fourth-order valence-electron chi connectivity index (χ4n) is 4.26. The standard InChI is InChI=1S/C30H29F2NO4/c1-16-14-20(28-21(15-16)26(34)17(2)27(36-28)19-10-8-7-9-11-19)18(3)33-23-13-12-22(31)25(32)24(23)29(35)37-30(4,5)6/h7-15,18,33H,1-6H3/t18-/m1/s1. The second kappa shape index (κ2) is 9.81. The van der Waals surface area contributed by atoms with Gasteiger partial charge in [0, 0.05) is 16.7 Å². The smallest absolute Gasteiger partial charge is 0.343 e. The molecular weight excluding hydrogens is 476 g/mol. The van der Waals surface area contributed by atoms with E-state index < -0.39 is 34.8 Å². The van der Waals surface area contributed by atoms with Crippen molar-refractivity contribution >= 4 is 22.6 Å². The lowest BCUT2D eigenvalue weighted by molar-refractivity contribution is 0.00648. The van der Waals surface area contributed by atoms with Crippen LogP contribution in [-0.2, 0) is 4.74 Å². The zero-order valence-corrected chi connectivity index (χ0v) is 21.7. The molecular formula is C30H29F2NO4. The van der Waals surface area contributed by atoms with Crippen molar-refractivity contribution < 1.29 is 22.7 Å². The number of carbonyl (C=O) groups is 1. The van der Waals surface area contributed by atoms with Crippen LogP contribution in [0.5, 0.6) is 0 Å². The number of hydrogen-bond acceptors (Lipinski definition) is 5. The number of hydrogen-bond donors (Lipinski definition) is 1. The van der Waals surface area contributed by atoms with Crippen molar-refractivity contribution in [2.45, 2.75) is 53.2 Å². The third kappa shape index (κ3) is 5.26. The normalized spacial score (nSPS) is 12.4. The molecule has 0 saturated carbocycles. The lowest BCUT2D eigenvalue weighted by atomic mass is 9.98. The maximum Gasteiger partial charge on any atom is 0.343 e. The van der Waals surface area contributed by atoms with E-state index in [0.717, 1.165) is 17.2 Å². The molecule has 0 saturated heterocycles. The van der Waals surface area contributed by atoms with Gasteiger partial charge in [-0.25, -0.2) is 13.6 Å². The molecule has 7 heteroatoms. The zero-order valence-electron chi connectivity index (χ0n) is 21.7. The van der Waals surface area contributed by atoms with Crippen molar-refractivity contribution in [2.24, 2.45) is 0 Å². The molecule has 4 rings (SSSR count). The Hall–Kier alpha value is -4.00. The number of fused-ring (bicyclic) bond motifs is 1. The number of ether oxygens (including phenoxy) is 1. The summed E-state index contributed by atoms with van der Waals surface area (Å²) >= 11 is 0. The van der Waals surface area contributed by atoms with Crippen LogP contribution < -0.4 is 10.7 Å². The van der Waals surface area contributed by atoms with Crippen LogP contribution >= 0.6 is 0 Å². The molecule has 0 aliphatic carbocycles. The van der Waals surface area contributed by atoms with Gasteiger partial charge in [0.2, 0.25) is 0 Å². The highest BCUT2D eigenvalue weighted by Gasteiger charge is 2.27. The molecule has 1 aromatic heterocycles. The monoisotopic (exact) mass is 505 g/mol. The molecule has 1 heterocycles. The van der Waals surface area contributed by atoms with Crippen LogP contribution in [0.25, 0.3) is 22.3 Å². The molecule has 1 N–H and O–H groups in total. The quantitative estimate of drug-likeness (QED) is 0.285. The lowest BCUT2D eigenvalue weighted by Gasteiger charge is -2.23. The summed E-state index contributed by atoms with van der Waals surface area (Å²) in [7, 11) is 0. The molecule has 0 aliphatic heterocycles. The minimum Gasteiger partial charge on any atom is -0.456 e. The molecule has 192 valence electrons. The predicted octanol–water partition coefficient (Wildman–Crippen LogP) is 7.48. The van der Waals surface area contributed by atoms with Crippen LogP contribution in [0.3, 0.4) is 0 Å². The second-order valence-electron chi connectivity index (χ2n) is 10.1. The largest absolute Gasteiger partial charge is 0.456 e. The van der Waals surface area contributed by atoms with Gasteiger partial charge in [-0.15, -0.1) is 0 Å². The maximum atomic E-state index is 14.8. The van der Waals surface area contributed by atoms with Gasteiger partial charge in [0.05, 0.1) is 17.1 Å². The van der Waals surface area contributed by atoms with Gasteiger partial charge in [0.15, 0.2) is 17.1 Å². The Morgan fingerprint density at radius 2 is 1.70 bits per heavy atom. The van der Waals surface area contributed by atoms with E-state index in [1.165, 1.54) is 6.07 Å². The SMILES string of the molecule is Cc1cc([C@@H](C)Nc2ccc(F)c(F)c2C(=O)OC(C)(C)C)c2oc(-c3ccccc3)c(C)c(=O)c2c1. The number of rotatable bonds is 5. The number of halogens is 2. The Bertz CT molecular complexity index is 1550. The van der Waals surface area contributed by atoms with Gasteiger partial charge in [-0.05, 0) is 65.3 Å². The Labute approximate surface area is 214 Å². The summed E-state index contributed by atoms with van der Waals surface area (Å²) in [5.41, 5.74) is 1.57. The molecule has 1 atom stereocenters. The summed E-state index contributed by atoms with van der Waals surface area (Å²) in [5, 5.41) is 3.52. The first-order chi connectivity index (χ1) is 17.4. The molecule has 0 bridgehead atoms. The number of aryl methyl sites for hydroxylation is 1. The fourth-order valence-corrected chi connectivity index (χ4v) is 4.26. The van der Waals surface area contributed by atoms with E-state index in [-0.39, 0.29) is 11.1 Å². The molecule has 0 spiro atoms. The van der Waals surface area contributed by atoms with E-state index in [4.69, 9.17) is 9.15 Å². The van der Waals surface area contributed by atoms with Crippen molar-refractivity contribution in [3.8, 4) is 11.3 Å². The van der Waals surface area contributed by atoms with E-state index in [2.05, 4.69) is 5.32 Å². The summed E-state index contributed by atoms with van der Waals surface area (Å²) in [6.07, 6.45) is 0. The lowest BCUT2D eigenvalue weighted by Crippen LogP contribution is -2.26. The van der Waals surface area contributed by atoms with E-state index in [1.807, 2.05) is 43.3 Å². The molecule has 0 unspecified atom stereocenters. The van der Waals surface area contributed by atoms with Crippen LogP contribution in [0, 0.1) is 25.5 Å². The van der Waals surface area contributed by atoms with Gasteiger partial charge < -0.3 is 14.5 Å². The number of carbonyl (C=O) groups excluding carboxylic acids is 1. The molecule has 0 aliphatic rings. The molecule has 5 nitrogen and oxygen atoms in total. The second-order valence-corrected chi connectivity index (χ2v) is 10.1. The summed E-state index contributed by atoms with van der Waals surface area (Å²) in [6, 6.07) is 14.6. The Morgan fingerprint density at radius 3 is 2.35 bits per heavy atom. The number of esters is 1. The number of nitrogens with one attached hydrogen (secondary N) is 1. The molecule has 0 fully saturated rings. The first-order valence-electron chi connectivity index (χ1n) is 12.0. The first kappa shape index (κ1) is 26.1. The Balaban J connectivity index is 1.85. The number of benzene rings is 3. The van der Waals surface area contributed by atoms with Crippen molar-refractivity contribution in [3.05, 3.63) is 98.7 Å². The highest BCUT2D eigenvalue weighted by Crippen LogP contribution is 2.33. The van der Waals surface area contributed by atoms with Crippen molar-refractivity contribution in [1.82, 2.24) is 0 Å². The fraction of sp³-hybridized carbons (Fsp3) is 0.267. The van der Waals surface area contributed by atoms with Gasteiger partial charge in [-0.3, -0.25) is 4.79 Å². The van der Waals surface area contributed by atoms with Gasteiger partial charge in [-0.2, -0.15) is 0 Å². The highest BCUT2D eigenvalue weighted by molar-refractivity contribution is 5.96.